The lowest BCUT2D eigenvalue weighted by Gasteiger charge is -2.23. The van der Waals surface area contributed by atoms with Crippen LogP contribution in [0.3, 0.4) is 0 Å². The molecular weight excluding hydrogens is 354 g/mol. The van der Waals surface area contributed by atoms with Gasteiger partial charge in [0.05, 0.1) is 22.8 Å². The van der Waals surface area contributed by atoms with E-state index in [1.165, 1.54) is 4.80 Å². The van der Waals surface area contributed by atoms with Crippen LogP contribution in [0.1, 0.15) is 30.3 Å². The number of anilines is 1. The highest BCUT2D eigenvalue weighted by Crippen LogP contribution is 2.33. The quantitative estimate of drug-likeness (QED) is 0.561. The first-order chi connectivity index (χ1) is 13.6. The lowest BCUT2D eigenvalue weighted by atomic mass is 10.2. The molecular formula is C20H21N7O. The van der Waals surface area contributed by atoms with Crippen molar-refractivity contribution in [3.8, 4) is 0 Å². The van der Waals surface area contributed by atoms with E-state index < -0.39 is 0 Å². The van der Waals surface area contributed by atoms with Gasteiger partial charge in [0.25, 0.3) is 0 Å². The molecule has 1 atom stereocenters. The van der Waals surface area contributed by atoms with Crippen LogP contribution < -0.4 is 5.32 Å². The Kier molecular flexibility index (Phi) is 3.78. The van der Waals surface area contributed by atoms with Gasteiger partial charge >= 0.3 is 6.03 Å². The van der Waals surface area contributed by atoms with Gasteiger partial charge in [-0.3, -0.25) is 0 Å². The largest absolute Gasteiger partial charge is 0.340 e. The number of H-pyrrole nitrogens is 1. The number of fused-ring (bicyclic) bond motifs is 2. The molecule has 5 rings (SSSR count). The van der Waals surface area contributed by atoms with E-state index >= 15 is 0 Å². The van der Waals surface area contributed by atoms with Crippen molar-refractivity contribution in [3.05, 3.63) is 47.8 Å². The second-order valence-electron chi connectivity index (χ2n) is 7.24. The number of para-hydroxylation sites is 1. The lowest BCUT2D eigenvalue weighted by Crippen LogP contribution is -2.34. The Balaban J connectivity index is 1.44. The van der Waals surface area contributed by atoms with E-state index in [1.54, 1.807) is 7.05 Å². The Labute approximate surface area is 161 Å². The monoisotopic (exact) mass is 375 g/mol. The number of amides is 2. The van der Waals surface area contributed by atoms with Crippen molar-refractivity contribution < 1.29 is 4.79 Å². The molecule has 142 valence electrons. The first-order valence-electron chi connectivity index (χ1n) is 9.43. The number of hydrogen-bond donors (Lipinski definition) is 2. The number of urea groups is 1. The molecule has 1 aliphatic heterocycles. The summed E-state index contributed by atoms with van der Waals surface area (Å²) < 4.78 is 0. The Morgan fingerprint density at radius 3 is 2.89 bits per heavy atom. The third-order valence-corrected chi connectivity index (χ3v) is 5.32. The number of carbonyl (C=O) groups excluding carboxylic acids is 1. The normalized spacial score (nSPS) is 16.9. The summed E-state index contributed by atoms with van der Waals surface area (Å²) in [6.45, 7) is 2.75. The molecule has 0 spiro atoms. The number of aromatic nitrogens is 5. The number of aromatic amines is 1. The van der Waals surface area contributed by atoms with Gasteiger partial charge in [0.15, 0.2) is 0 Å². The molecule has 0 radical (unpaired) electrons. The summed E-state index contributed by atoms with van der Waals surface area (Å²) in [7, 11) is 1.77. The highest BCUT2D eigenvalue weighted by molar-refractivity contribution is 5.98. The molecule has 2 aromatic heterocycles. The summed E-state index contributed by atoms with van der Waals surface area (Å²) >= 11 is 0. The average Bonchev–Trinajstić information content (AvgIpc) is 3.38. The molecule has 8 heteroatoms. The fraction of sp³-hybridized carbons (Fsp3) is 0.300. The molecule has 0 aliphatic carbocycles. The summed E-state index contributed by atoms with van der Waals surface area (Å²) in [4.78, 5) is 24.6. The van der Waals surface area contributed by atoms with Crippen LogP contribution in [-0.2, 0) is 7.05 Å². The number of imidazole rings is 1. The number of likely N-dealkylation sites (tertiary alicyclic amines) is 1. The van der Waals surface area contributed by atoms with Crippen molar-refractivity contribution >= 4 is 33.8 Å². The van der Waals surface area contributed by atoms with E-state index in [1.807, 2.05) is 48.2 Å². The number of nitrogens with zero attached hydrogens (tertiary/aromatic N) is 5. The van der Waals surface area contributed by atoms with Crippen molar-refractivity contribution in [3.63, 3.8) is 0 Å². The van der Waals surface area contributed by atoms with Gasteiger partial charge in [0, 0.05) is 13.6 Å². The van der Waals surface area contributed by atoms with Crippen molar-refractivity contribution in [2.45, 2.75) is 25.8 Å². The molecule has 2 N–H and O–H groups in total. The third kappa shape index (κ3) is 2.69. The Morgan fingerprint density at radius 2 is 2.04 bits per heavy atom. The standard InChI is InChI=1S/C20H21N7O/c1-12-6-3-7-13-17(12)23-19(21-13)16-10-5-11-27(16)20(28)22-14-8-4-9-15-18(14)25-26(2)24-15/h3-4,6-9,16H,5,10-11H2,1-2H3,(H,21,23)(H,22,28)/t16-/m0/s1. The molecule has 8 nitrogen and oxygen atoms in total. The van der Waals surface area contributed by atoms with Crippen molar-refractivity contribution in [2.24, 2.45) is 7.05 Å². The minimum Gasteiger partial charge on any atom is -0.340 e. The van der Waals surface area contributed by atoms with E-state index in [4.69, 9.17) is 4.98 Å². The Bertz CT molecular complexity index is 1190. The minimum atomic E-state index is -0.141. The molecule has 28 heavy (non-hydrogen) atoms. The molecule has 4 aromatic rings. The number of benzene rings is 2. The van der Waals surface area contributed by atoms with Gasteiger partial charge in [-0.25, -0.2) is 9.78 Å². The molecule has 0 unspecified atom stereocenters. The lowest BCUT2D eigenvalue weighted by molar-refractivity contribution is 0.205. The Morgan fingerprint density at radius 1 is 1.18 bits per heavy atom. The number of hydrogen-bond acceptors (Lipinski definition) is 4. The van der Waals surface area contributed by atoms with Crippen LogP contribution in [0.2, 0.25) is 0 Å². The molecule has 0 saturated carbocycles. The number of nitrogens with one attached hydrogen (secondary N) is 2. The zero-order valence-electron chi connectivity index (χ0n) is 15.8. The predicted molar refractivity (Wildman–Crippen MR) is 107 cm³/mol. The highest BCUT2D eigenvalue weighted by Gasteiger charge is 2.32. The average molecular weight is 375 g/mol. The van der Waals surface area contributed by atoms with Gasteiger partial charge in [-0.1, -0.05) is 18.2 Å². The van der Waals surface area contributed by atoms with E-state index in [0.717, 1.165) is 40.8 Å². The highest BCUT2D eigenvalue weighted by atomic mass is 16.2. The predicted octanol–water partition coefficient (Wildman–Crippen LogP) is 3.52. The maximum atomic E-state index is 13.0. The third-order valence-electron chi connectivity index (χ3n) is 5.32. The fourth-order valence-corrected chi connectivity index (χ4v) is 3.97. The first-order valence-corrected chi connectivity index (χ1v) is 9.43. The molecule has 1 fully saturated rings. The van der Waals surface area contributed by atoms with E-state index in [-0.39, 0.29) is 12.1 Å². The Hall–Kier alpha value is -3.42. The second-order valence-corrected chi connectivity index (χ2v) is 7.24. The summed E-state index contributed by atoms with van der Waals surface area (Å²) in [6.07, 6.45) is 1.84. The van der Waals surface area contributed by atoms with Gasteiger partial charge in [-0.15, -0.1) is 0 Å². The van der Waals surface area contributed by atoms with Crippen LogP contribution in [0.5, 0.6) is 0 Å². The van der Waals surface area contributed by atoms with Crippen molar-refractivity contribution in [2.75, 3.05) is 11.9 Å². The van der Waals surface area contributed by atoms with Gasteiger partial charge < -0.3 is 15.2 Å². The molecule has 2 aromatic carbocycles. The SMILES string of the molecule is Cc1cccc2[nH]c([C@@H]3CCCN3C(=O)Nc3cccc4nn(C)nc34)nc12. The van der Waals surface area contributed by atoms with Gasteiger partial charge in [-0.05, 0) is 43.5 Å². The van der Waals surface area contributed by atoms with E-state index in [9.17, 15) is 4.79 Å². The first kappa shape index (κ1) is 16.7. The second kappa shape index (κ2) is 6.33. The number of rotatable bonds is 2. The van der Waals surface area contributed by atoms with E-state index in [2.05, 4.69) is 20.5 Å². The van der Waals surface area contributed by atoms with Crippen LogP contribution in [0.4, 0.5) is 10.5 Å². The minimum absolute atomic E-state index is 0.0622. The molecule has 2 amide bonds. The smallest absolute Gasteiger partial charge is 0.322 e. The zero-order valence-corrected chi connectivity index (χ0v) is 15.8. The number of aryl methyl sites for hydroxylation is 2. The maximum absolute atomic E-state index is 13.0. The summed E-state index contributed by atoms with van der Waals surface area (Å²) in [5.74, 6) is 0.842. The molecule has 0 bridgehead atoms. The maximum Gasteiger partial charge on any atom is 0.322 e. The van der Waals surface area contributed by atoms with Gasteiger partial charge in [0.2, 0.25) is 0 Å². The topological polar surface area (TPSA) is 91.7 Å². The van der Waals surface area contributed by atoms with Crippen molar-refractivity contribution in [1.29, 1.82) is 0 Å². The van der Waals surface area contributed by atoms with Crippen LogP contribution >= 0.6 is 0 Å². The van der Waals surface area contributed by atoms with Crippen molar-refractivity contribution in [1.82, 2.24) is 29.9 Å². The van der Waals surface area contributed by atoms with Gasteiger partial charge in [-0.2, -0.15) is 15.0 Å². The van der Waals surface area contributed by atoms with Crippen LogP contribution in [-0.4, -0.2) is 42.4 Å². The fourth-order valence-electron chi connectivity index (χ4n) is 3.97. The molecule has 1 saturated heterocycles. The molecule has 1 aliphatic rings. The zero-order chi connectivity index (χ0) is 19.3. The number of carbonyl (C=O) groups is 1. The molecule has 3 heterocycles. The van der Waals surface area contributed by atoms with E-state index in [0.29, 0.717) is 17.7 Å². The van der Waals surface area contributed by atoms with Crippen LogP contribution in [0.15, 0.2) is 36.4 Å². The summed E-state index contributed by atoms with van der Waals surface area (Å²) in [5, 5.41) is 11.7. The van der Waals surface area contributed by atoms with Crippen LogP contribution in [0.25, 0.3) is 22.1 Å². The van der Waals surface area contributed by atoms with Crippen LogP contribution in [0, 0.1) is 6.92 Å². The summed E-state index contributed by atoms with van der Waals surface area (Å²) in [5.41, 5.74) is 5.21. The van der Waals surface area contributed by atoms with Gasteiger partial charge in [0.1, 0.15) is 16.9 Å². The summed E-state index contributed by atoms with van der Waals surface area (Å²) in [6, 6.07) is 11.5.